The zero-order valence-corrected chi connectivity index (χ0v) is 14.2. The molecule has 2 atom stereocenters. The number of ether oxygens (including phenoxy) is 1. The summed E-state index contributed by atoms with van der Waals surface area (Å²) in [5.41, 5.74) is 0.552. The number of rotatable bonds is 3. The molecule has 0 unspecified atom stereocenters. The molecule has 1 amide bonds. The predicted molar refractivity (Wildman–Crippen MR) is 88.6 cm³/mol. The van der Waals surface area contributed by atoms with Crippen molar-refractivity contribution in [3.05, 3.63) is 24.0 Å². The summed E-state index contributed by atoms with van der Waals surface area (Å²) >= 11 is 0. The lowest BCUT2D eigenvalue weighted by Crippen LogP contribution is -2.48. The number of carbonyl (C=O) groups excluding carboxylic acids is 1. The van der Waals surface area contributed by atoms with Gasteiger partial charge in [-0.25, -0.2) is 0 Å². The van der Waals surface area contributed by atoms with E-state index in [9.17, 15) is 9.90 Å². The second-order valence-electron chi connectivity index (χ2n) is 6.64. The molecule has 2 aliphatic rings. The van der Waals surface area contributed by atoms with Crippen LogP contribution in [0.3, 0.4) is 0 Å². The molecule has 0 spiro atoms. The molecule has 3 rings (SSSR count). The standard InChI is InChI=1S/C17H26N4O3/c1-20(14-5-10-24-11-6-14)15-3-8-21(9-4-16(15)22)17(23)13-2-7-18-19-12-13/h2,7,12,14-16,22H,3-6,8-11H2,1H3/t15-,16-/m0/s1. The van der Waals surface area contributed by atoms with Crippen LogP contribution in [0.1, 0.15) is 36.0 Å². The van der Waals surface area contributed by atoms with Gasteiger partial charge in [0.25, 0.3) is 5.91 Å². The van der Waals surface area contributed by atoms with Crippen molar-refractivity contribution < 1.29 is 14.6 Å². The van der Waals surface area contributed by atoms with Crippen molar-refractivity contribution in [2.75, 3.05) is 33.4 Å². The Balaban J connectivity index is 1.63. The number of aromatic nitrogens is 2. The summed E-state index contributed by atoms with van der Waals surface area (Å²) in [6.07, 6.45) is 6.00. The maximum absolute atomic E-state index is 12.6. The van der Waals surface area contributed by atoms with Gasteiger partial charge < -0.3 is 14.7 Å². The van der Waals surface area contributed by atoms with Crippen LogP contribution in [-0.4, -0.2) is 82.5 Å². The van der Waals surface area contributed by atoms with Gasteiger partial charge in [0.05, 0.1) is 24.1 Å². The molecule has 0 aromatic carbocycles. The van der Waals surface area contributed by atoms with E-state index in [1.165, 1.54) is 12.4 Å². The van der Waals surface area contributed by atoms with Crippen molar-refractivity contribution in [3.8, 4) is 0 Å². The second-order valence-corrected chi connectivity index (χ2v) is 6.64. The van der Waals surface area contributed by atoms with Gasteiger partial charge in [0.1, 0.15) is 0 Å². The Labute approximate surface area is 142 Å². The Morgan fingerprint density at radius 1 is 1.25 bits per heavy atom. The van der Waals surface area contributed by atoms with Gasteiger partial charge in [-0.1, -0.05) is 0 Å². The molecule has 1 aromatic rings. The van der Waals surface area contributed by atoms with Crippen molar-refractivity contribution in [1.82, 2.24) is 20.0 Å². The minimum absolute atomic E-state index is 0.0357. The van der Waals surface area contributed by atoms with E-state index in [1.54, 1.807) is 6.07 Å². The molecular weight excluding hydrogens is 308 g/mol. The van der Waals surface area contributed by atoms with Gasteiger partial charge in [0.15, 0.2) is 0 Å². The lowest BCUT2D eigenvalue weighted by molar-refractivity contribution is -0.00758. The molecule has 2 aliphatic heterocycles. The summed E-state index contributed by atoms with van der Waals surface area (Å²) in [4.78, 5) is 16.7. The van der Waals surface area contributed by atoms with Crippen molar-refractivity contribution >= 4 is 5.91 Å². The van der Waals surface area contributed by atoms with Crippen LogP contribution in [0.4, 0.5) is 0 Å². The summed E-state index contributed by atoms with van der Waals surface area (Å²) < 4.78 is 5.43. The molecular formula is C17H26N4O3. The third kappa shape index (κ3) is 3.91. The fourth-order valence-electron chi connectivity index (χ4n) is 3.71. The third-order valence-electron chi connectivity index (χ3n) is 5.24. The molecule has 2 fully saturated rings. The first-order valence-corrected chi connectivity index (χ1v) is 8.70. The van der Waals surface area contributed by atoms with E-state index in [0.29, 0.717) is 31.1 Å². The van der Waals surface area contributed by atoms with Gasteiger partial charge >= 0.3 is 0 Å². The lowest BCUT2D eigenvalue weighted by atomic mass is 9.99. The second kappa shape index (κ2) is 8.00. The quantitative estimate of drug-likeness (QED) is 0.870. The molecule has 3 heterocycles. The van der Waals surface area contributed by atoms with Crippen LogP contribution in [0.25, 0.3) is 0 Å². The number of carbonyl (C=O) groups is 1. The van der Waals surface area contributed by atoms with Crippen molar-refractivity contribution in [1.29, 1.82) is 0 Å². The highest BCUT2D eigenvalue weighted by Gasteiger charge is 2.33. The SMILES string of the molecule is CN(C1CCOCC1)[C@H]1CCN(C(=O)c2ccnnc2)CC[C@@H]1O. The highest BCUT2D eigenvalue weighted by molar-refractivity contribution is 5.93. The van der Waals surface area contributed by atoms with Gasteiger partial charge in [0, 0.05) is 38.4 Å². The number of hydrogen-bond donors (Lipinski definition) is 1. The summed E-state index contributed by atoms with van der Waals surface area (Å²) in [5.74, 6) is -0.0357. The van der Waals surface area contributed by atoms with Gasteiger partial charge in [-0.3, -0.25) is 9.69 Å². The summed E-state index contributed by atoms with van der Waals surface area (Å²) in [7, 11) is 2.09. The minimum Gasteiger partial charge on any atom is -0.391 e. The van der Waals surface area contributed by atoms with E-state index in [4.69, 9.17) is 4.74 Å². The molecule has 0 saturated carbocycles. The molecule has 7 heteroatoms. The zero-order valence-electron chi connectivity index (χ0n) is 14.2. The average Bonchev–Trinajstić information content (AvgIpc) is 2.84. The molecule has 24 heavy (non-hydrogen) atoms. The van der Waals surface area contributed by atoms with Gasteiger partial charge in [-0.05, 0) is 38.8 Å². The Bertz CT molecular complexity index is 536. The van der Waals surface area contributed by atoms with Crippen molar-refractivity contribution in [2.24, 2.45) is 0 Å². The molecule has 0 radical (unpaired) electrons. The average molecular weight is 334 g/mol. The highest BCUT2D eigenvalue weighted by Crippen LogP contribution is 2.23. The van der Waals surface area contributed by atoms with Crippen LogP contribution < -0.4 is 0 Å². The van der Waals surface area contributed by atoms with E-state index in [-0.39, 0.29) is 11.9 Å². The number of aliphatic hydroxyl groups is 1. The molecule has 1 N–H and O–H groups in total. The Hall–Kier alpha value is -1.57. The summed E-state index contributed by atoms with van der Waals surface area (Å²) in [6.45, 7) is 2.80. The molecule has 2 saturated heterocycles. The first-order valence-electron chi connectivity index (χ1n) is 8.70. The highest BCUT2D eigenvalue weighted by atomic mass is 16.5. The summed E-state index contributed by atoms with van der Waals surface area (Å²) in [6, 6.07) is 2.22. The van der Waals surface area contributed by atoms with E-state index >= 15 is 0 Å². The molecule has 0 aliphatic carbocycles. The fraction of sp³-hybridized carbons (Fsp3) is 0.706. The van der Waals surface area contributed by atoms with E-state index in [0.717, 1.165) is 32.5 Å². The van der Waals surface area contributed by atoms with E-state index in [1.807, 2.05) is 4.90 Å². The Kier molecular flexibility index (Phi) is 5.76. The molecule has 132 valence electrons. The Morgan fingerprint density at radius 3 is 2.71 bits per heavy atom. The van der Waals surface area contributed by atoms with Crippen LogP contribution in [-0.2, 0) is 4.74 Å². The molecule has 1 aromatic heterocycles. The monoisotopic (exact) mass is 334 g/mol. The number of likely N-dealkylation sites (tertiary alicyclic amines) is 1. The van der Waals surface area contributed by atoms with E-state index < -0.39 is 6.10 Å². The predicted octanol–water partition coefficient (Wildman–Crippen LogP) is 0.553. The maximum Gasteiger partial charge on any atom is 0.255 e. The number of aliphatic hydroxyl groups excluding tert-OH is 1. The largest absolute Gasteiger partial charge is 0.391 e. The Morgan fingerprint density at radius 2 is 2.00 bits per heavy atom. The normalized spacial score (nSPS) is 26.4. The smallest absolute Gasteiger partial charge is 0.255 e. The number of hydrogen-bond acceptors (Lipinski definition) is 6. The van der Waals surface area contributed by atoms with Gasteiger partial charge in [0.2, 0.25) is 0 Å². The van der Waals surface area contributed by atoms with Gasteiger partial charge in [-0.2, -0.15) is 10.2 Å². The number of nitrogens with zero attached hydrogens (tertiary/aromatic N) is 4. The first-order chi connectivity index (χ1) is 11.7. The van der Waals surface area contributed by atoms with Crippen LogP contribution in [0.5, 0.6) is 0 Å². The molecule has 7 nitrogen and oxygen atoms in total. The van der Waals surface area contributed by atoms with Crippen molar-refractivity contribution in [3.63, 3.8) is 0 Å². The van der Waals surface area contributed by atoms with Crippen LogP contribution in [0.2, 0.25) is 0 Å². The number of likely N-dealkylation sites (N-methyl/N-ethyl adjacent to an activating group) is 1. The van der Waals surface area contributed by atoms with Gasteiger partial charge in [-0.15, -0.1) is 0 Å². The van der Waals surface area contributed by atoms with Crippen LogP contribution >= 0.6 is 0 Å². The topological polar surface area (TPSA) is 78.8 Å². The lowest BCUT2D eigenvalue weighted by Gasteiger charge is -2.38. The summed E-state index contributed by atoms with van der Waals surface area (Å²) in [5, 5.41) is 18.1. The third-order valence-corrected chi connectivity index (χ3v) is 5.24. The van der Waals surface area contributed by atoms with E-state index in [2.05, 4.69) is 22.1 Å². The zero-order chi connectivity index (χ0) is 16.9. The molecule has 0 bridgehead atoms. The van der Waals surface area contributed by atoms with Crippen LogP contribution in [0, 0.1) is 0 Å². The fourth-order valence-corrected chi connectivity index (χ4v) is 3.71. The minimum atomic E-state index is -0.411. The number of amides is 1. The van der Waals surface area contributed by atoms with Crippen LogP contribution in [0.15, 0.2) is 18.5 Å². The first kappa shape index (κ1) is 17.3. The maximum atomic E-state index is 12.6. The van der Waals surface area contributed by atoms with Crippen molar-refractivity contribution in [2.45, 2.75) is 43.9 Å².